The van der Waals surface area contributed by atoms with Gasteiger partial charge in [0, 0.05) is 24.5 Å². The third kappa shape index (κ3) is 4.54. The first-order chi connectivity index (χ1) is 11.5. The summed E-state index contributed by atoms with van der Waals surface area (Å²) >= 11 is 0. The van der Waals surface area contributed by atoms with Crippen LogP contribution in [0.15, 0.2) is 30.3 Å². The van der Waals surface area contributed by atoms with Crippen LogP contribution in [0.2, 0.25) is 0 Å². The van der Waals surface area contributed by atoms with E-state index in [9.17, 15) is 4.79 Å². The zero-order valence-corrected chi connectivity index (χ0v) is 15.0. The standard InChI is InChI=1S/C19H26N4O/c1-5-7-11-20-18(24)17-13-15(4)21-19(22-17)23(6-2)16-10-8-9-14(3)12-16/h8-10,12-13H,5-7,11H2,1-4H3,(H,20,24). The Labute approximate surface area is 144 Å². The van der Waals surface area contributed by atoms with Crippen LogP contribution in [0.3, 0.4) is 0 Å². The average molecular weight is 326 g/mol. The summed E-state index contributed by atoms with van der Waals surface area (Å²) < 4.78 is 0. The summed E-state index contributed by atoms with van der Waals surface area (Å²) in [4.78, 5) is 23.3. The average Bonchev–Trinajstić information content (AvgIpc) is 2.55. The van der Waals surface area contributed by atoms with Crippen molar-refractivity contribution in [2.24, 2.45) is 0 Å². The molecule has 2 rings (SSSR count). The fourth-order valence-corrected chi connectivity index (χ4v) is 2.49. The summed E-state index contributed by atoms with van der Waals surface area (Å²) in [5.41, 5.74) is 3.41. The summed E-state index contributed by atoms with van der Waals surface area (Å²) in [5.74, 6) is 0.416. The van der Waals surface area contributed by atoms with E-state index in [1.54, 1.807) is 6.07 Å². The van der Waals surface area contributed by atoms with Crippen LogP contribution in [0.25, 0.3) is 0 Å². The van der Waals surface area contributed by atoms with Gasteiger partial charge in [-0.3, -0.25) is 4.79 Å². The molecule has 0 aliphatic rings. The van der Waals surface area contributed by atoms with Crippen molar-refractivity contribution in [2.45, 2.75) is 40.5 Å². The molecule has 0 radical (unpaired) electrons. The minimum absolute atomic E-state index is 0.143. The number of rotatable bonds is 7. The Morgan fingerprint density at radius 3 is 2.62 bits per heavy atom. The van der Waals surface area contributed by atoms with E-state index < -0.39 is 0 Å². The van der Waals surface area contributed by atoms with Crippen molar-refractivity contribution in [1.29, 1.82) is 0 Å². The van der Waals surface area contributed by atoms with Gasteiger partial charge in [-0.1, -0.05) is 25.5 Å². The summed E-state index contributed by atoms with van der Waals surface area (Å²) in [6, 6.07) is 9.93. The third-order valence-corrected chi connectivity index (χ3v) is 3.76. The molecule has 1 aromatic carbocycles. The predicted octanol–water partition coefficient (Wildman–Crippen LogP) is 3.78. The molecule has 1 N–H and O–H groups in total. The molecule has 2 aromatic rings. The van der Waals surface area contributed by atoms with Gasteiger partial charge in [0.1, 0.15) is 5.69 Å². The lowest BCUT2D eigenvalue weighted by molar-refractivity contribution is 0.0948. The molecule has 5 heteroatoms. The maximum Gasteiger partial charge on any atom is 0.270 e. The highest BCUT2D eigenvalue weighted by Crippen LogP contribution is 2.23. The zero-order chi connectivity index (χ0) is 17.5. The number of hydrogen-bond donors (Lipinski definition) is 1. The van der Waals surface area contributed by atoms with Crippen molar-refractivity contribution >= 4 is 17.5 Å². The van der Waals surface area contributed by atoms with Crippen molar-refractivity contribution in [3.63, 3.8) is 0 Å². The van der Waals surface area contributed by atoms with Gasteiger partial charge in [-0.05, 0) is 51.0 Å². The van der Waals surface area contributed by atoms with Crippen molar-refractivity contribution < 1.29 is 4.79 Å². The predicted molar refractivity (Wildman–Crippen MR) is 97.9 cm³/mol. The molecular formula is C19H26N4O. The van der Waals surface area contributed by atoms with Crippen molar-refractivity contribution in [2.75, 3.05) is 18.0 Å². The van der Waals surface area contributed by atoms with Gasteiger partial charge in [-0.2, -0.15) is 0 Å². The second-order valence-corrected chi connectivity index (χ2v) is 5.89. The lowest BCUT2D eigenvalue weighted by Gasteiger charge is -2.22. The first-order valence-electron chi connectivity index (χ1n) is 8.53. The van der Waals surface area contributed by atoms with Gasteiger partial charge in [-0.25, -0.2) is 9.97 Å². The molecule has 0 saturated heterocycles. The Morgan fingerprint density at radius 1 is 1.17 bits per heavy atom. The lowest BCUT2D eigenvalue weighted by atomic mass is 10.2. The molecule has 0 saturated carbocycles. The number of nitrogens with zero attached hydrogens (tertiary/aromatic N) is 3. The third-order valence-electron chi connectivity index (χ3n) is 3.76. The van der Waals surface area contributed by atoms with Gasteiger partial charge in [-0.15, -0.1) is 0 Å². The molecule has 0 unspecified atom stereocenters. The zero-order valence-electron chi connectivity index (χ0n) is 15.0. The van der Waals surface area contributed by atoms with Gasteiger partial charge < -0.3 is 10.2 Å². The molecule has 0 aliphatic heterocycles. The number of carbonyl (C=O) groups excluding carboxylic acids is 1. The molecule has 0 spiro atoms. The van der Waals surface area contributed by atoms with E-state index in [1.165, 1.54) is 5.56 Å². The molecular weight excluding hydrogens is 300 g/mol. The van der Waals surface area contributed by atoms with Gasteiger partial charge >= 0.3 is 0 Å². The number of aryl methyl sites for hydroxylation is 2. The molecule has 0 aliphatic carbocycles. The quantitative estimate of drug-likeness (QED) is 0.787. The highest BCUT2D eigenvalue weighted by molar-refractivity contribution is 5.92. The Hall–Kier alpha value is -2.43. The molecule has 0 bridgehead atoms. The molecule has 1 amide bonds. The SMILES string of the molecule is CCCCNC(=O)c1cc(C)nc(N(CC)c2cccc(C)c2)n1. The van der Waals surface area contributed by atoms with Crippen LogP contribution in [-0.2, 0) is 0 Å². The van der Waals surface area contributed by atoms with Gasteiger partial charge in [0.2, 0.25) is 5.95 Å². The van der Waals surface area contributed by atoms with Crippen LogP contribution in [0.4, 0.5) is 11.6 Å². The van der Waals surface area contributed by atoms with Crippen molar-refractivity contribution in [3.05, 3.63) is 47.3 Å². The molecule has 5 nitrogen and oxygen atoms in total. The summed E-state index contributed by atoms with van der Waals surface area (Å²) in [7, 11) is 0. The first kappa shape index (κ1) is 17.9. The maximum atomic E-state index is 12.3. The lowest BCUT2D eigenvalue weighted by Crippen LogP contribution is -2.27. The van der Waals surface area contributed by atoms with Crippen LogP contribution in [0, 0.1) is 13.8 Å². The highest BCUT2D eigenvalue weighted by Gasteiger charge is 2.15. The second kappa shape index (κ2) is 8.43. The fourth-order valence-electron chi connectivity index (χ4n) is 2.49. The fraction of sp³-hybridized carbons (Fsp3) is 0.421. The van der Waals surface area contributed by atoms with Crippen LogP contribution in [0.5, 0.6) is 0 Å². The van der Waals surface area contributed by atoms with Crippen LogP contribution < -0.4 is 10.2 Å². The van der Waals surface area contributed by atoms with Crippen LogP contribution in [0.1, 0.15) is 48.4 Å². The van der Waals surface area contributed by atoms with E-state index in [-0.39, 0.29) is 5.91 Å². The Kier molecular flexibility index (Phi) is 6.29. The minimum Gasteiger partial charge on any atom is -0.351 e. The number of carbonyl (C=O) groups is 1. The van der Waals surface area contributed by atoms with Crippen molar-refractivity contribution in [1.82, 2.24) is 15.3 Å². The smallest absolute Gasteiger partial charge is 0.270 e. The van der Waals surface area contributed by atoms with E-state index >= 15 is 0 Å². The number of unbranched alkanes of at least 4 members (excludes halogenated alkanes) is 1. The summed E-state index contributed by atoms with van der Waals surface area (Å²) in [5, 5.41) is 2.91. The Balaban J connectivity index is 2.30. The highest BCUT2D eigenvalue weighted by atomic mass is 16.1. The normalized spacial score (nSPS) is 10.5. The summed E-state index contributed by atoms with van der Waals surface area (Å²) in [6.45, 7) is 9.49. The molecule has 0 fully saturated rings. The topological polar surface area (TPSA) is 58.1 Å². The van der Waals surface area contributed by atoms with Crippen molar-refractivity contribution in [3.8, 4) is 0 Å². The van der Waals surface area contributed by atoms with Crippen LogP contribution >= 0.6 is 0 Å². The molecule has 0 atom stereocenters. The molecule has 1 heterocycles. The number of aromatic nitrogens is 2. The molecule has 1 aromatic heterocycles. The Morgan fingerprint density at radius 2 is 1.96 bits per heavy atom. The number of hydrogen-bond acceptors (Lipinski definition) is 4. The second-order valence-electron chi connectivity index (χ2n) is 5.89. The van der Waals surface area contributed by atoms with E-state index in [2.05, 4.69) is 48.2 Å². The number of benzene rings is 1. The van der Waals surface area contributed by atoms with Gasteiger partial charge in [0.25, 0.3) is 5.91 Å². The van der Waals surface area contributed by atoms with E-state index in [4.69, 9.17) is 0 Å². The maximum absolute atomic E-state index is 12.3. The van der Waals surface area contributed by atoms with Crippen LogP contribution in [-0.4, -0.2) is 29.0 Å². The molecule has 128 valence electrons. The number of amides is 1. The summed E-state index contributed by atoms with van der Waals surface area (Å²) in [6.07, 6.45) is 2.01. The first-order valence-corrected chi connectivity index (χ1v) is 8.53. The van der Waals surface area contributed by atoms with E-state index in [0.29, 0.717) is 18.2 Å². The number of anilines is 2. The van der Waals surface area contributed by atoms with Gasteiger partial charge in [0.05, 0.1) is 0 Å². The number of nitrogens with one attached hydrogen (secondary N) is 1. The van der Waals surface area contributed by atoms with E-state index in [1.807, 2.05) is 24.0 Å². The minimum atomic E-state index is -0.143. The van der Waals surface area contributed by atoms with E-state index in [0.717, 1.165) is 30.8 Å². The monoisotopic (exact) mass is 326 g/mol. The molecule has 24 heavy (non-hydrogen) atoms. The largest absolute Gasteiger partial charge is 0.351 e. The Bertz CT molecular complexity index is 700. The van der Waals surface area contributed by atoms with Gasteiger partial charge in [0.15, 0.2) is 0 Å².